The summed E-state index contributed by atoms with van der Waals surface area (Å²) in [5.74, 6) is -1.45. The summed E-state index contributed by atoms with van der Waals surface area (Å²) in [7, 11) is 0. The zero-order valence-electron chi connectivity index (χ0n) is 24.4. The van der Waals surface area contributed by atoms with Crippen LogP contribution in [0.5, 0.6) is 0 Å². The summed E-state index contributed by atoms with van der Waals surface area (Å²) in [4.78, 5) is 55.9. The Kier molecular flexibility index (Phi) is 10.3. The number of nitrogens with zero attached hydrogens (tertiary/aromatic N) is 2. The predicted octanol–water partition coefficient (Wildman–Crippen LogP) is 7.24. The Hall–Kier alpha value is -5.59. The van der Waals surface area contributed by atoms with Gasteiger partial charge in [0.2, 0.25) is 5.91 Å². The number of hydrogen-bond donors (Lipinski definition) is 3. The highest BCUT2D eigenvalue weighted by atomic mass is 32.2. The summed E-state index contributed by atoms with van der Waals surface area (Å²) in [6, 6.07) is 30.5. The lowest BCUT2D eigenvalue weighted by Gasteiger charge is -2.17. The molecule has 4 aromatic carbocycles. The SMILES string of the molecule is Cc1csc(NC(=O)C(Sc2ccc(NC(=O)/C(=C/c3ccccc3[N+](=O)[O-])NC(=O)c3ccccc3)cc2)c2ccccc2)n1. The zero-order valence-corrected chi connectivity index (χ0v) is 26.0. The molecule has 0 aliphatic carbocycles. The molecule has 0 aliphatic rings. The molecular weight excluding hydrogens is 623 g/mol. The van der Waals surface area contributed by atoms with Crippen LogP contribution in [0.4, 0.5) is 16.5 Å². The van der Waals surface area contributed by atoms with Crippen LogP contribution in [0.1, 0.15) is 32.4 Å². The Morgan fingerprint density at radius 3 is 2.17 bits per heavy atom. The minimum absolute atomic E-state index is 0.149. The molecule has 1 atom stereocenters. The lowest BCUT2D eigenvalue weighted by molar-refractivity contribution is -0.385. The molecular formula is C34H27N5O5S2. The molecule has 0 saturated carbocycles. The minimum atomic E-state index is -0.678. The van der Waals surface area contributed by atoms with Gasteiger partial charge in [-0.2, -0.15) is 0 Å². The molecule has 0 spiro atoms. The molecule has 3 N–H and O–H groups in total. The monoisotopic (exact) mass is 649 g/mol. The fraction of sp³-hybridized carbons (Fsp3) is 0.0588. The van der Waals surface area contributed by atoms with E-state index in [4.69, 9.17) is 0 Å². The summed E-state index contributed by atoms with van der Waals surface area (Å²) < 4.78 is 0. The maximum absolute atomic E-state index is 13.5. The number of aromatic nitrogens is 1. The van der Waals surface area contributed by atoms with E-state index in [2.05, 4.69) is 20.9 Å². The summed E-state index contributed by atoms with van der Waals surface area (Å²) in [6.07, 6.45) is 1.27. The summed E-state index contributed by atoms with van der Waals surface area (Å²) in [5, 5.41) is 21.6. The minimum Gasteiger partial charge on any atom is -0.321 e. The first kappa shape index (κ1) is 31.8. The van der Waals surface area contributed by atoms with Crippen molar-refractivity contribution in [1.29, 1.82) is 0 Å². The molecule has 1 aromatic heterocycles. The van der Waals surface area contributed by atoms with Crippen molar-refractivity contribution in [2.75, 3.05) is 10.6 Å². The highest BCUT2D eigenvalue weighted by Gasteiger charge is 2.23. The fourth-order valence-electron chi connectivity index (χ4n) is 4.31. The highest BCUT2D eigenvalue weighted by Crippen LogP contribution is 2.37. The fourth-order valence-corrected chi connectivity index (χ4v) is 6.02. The number of carbonyl (C=O) groups excluding carboxylic acids is 3. The van der Waals surface area contributed by atoms with Crippen molar-refractivity contribution >= 4 is 63.4 Å². The number of hydrogen-bond acceptors (Lipinski definition) is 8. The highest BCUT2D eigenvalue weighted by molar-refractivity contribution is 8.00. The number of thiazole rings is 1. The average Bonchev–Trinajstić information content (AvgIpc) is 3.48. The third-order valence-corrected chi connectivity index (χ3v) is 8.66. The van der Waals surface area contributed by atoms with Crippen LogP contribution in [0.15, 0.2) is 125 Å². The predicted molar refractivity (Wildman–Crippen MR) is 181 cm³/mol. The normalized spacial score (nSPS) is 11.7. The van der Waals surface area contributed by atoms with Crippen LogP contribution in [0, 0.1) is 17.0 Å². The quantitative estimate of drug-likeness (QED) is 0.0592. The molecule has 0 radical (unpaired) electrons. The Labute approximate surface area is 272 Å². The molecule has 1 unspecified atom stereocenters. The van der Waals surface area contributed by atoms with E-state index in [-0.39, 0.29) is 22.9 Å². The van der Waals surface area contributed by atoms with Crippen molar-refractivity contribution in [1.82, 2.24) is 10.3 Å². The van der Waals surface area contributed by atoms with Gasteiger partial charge in [-0.15, -0.1) is 23.1 Å². The maximum atomic E-state index is 13.5. The van der Waals surface area contributed by atoms with Gasteiger partial charge in [0.05, 0.1) is 16.2 Å². The van der Waals surface area contributed by atoms with Crippen molar-refractivity contribution in [3.63, 3.8) is 0 Å². The second kappa shape index (κ2) is 14.9. The first-order chi connectivity index (χ1) is 22.3. The molecule has 5 aromatic rings. The first-order valence-electron chi connectivity index (χ1n) is 13.9. The van der Waals surface area contributed by atoms with Crippen LogP contribution < -0.4 is 16.0 Å². The lowest BCUT2D eigenvalue weighted by atomic mass is 10.1. The molecule has 0 aliphatic heterocycles. The topological polar surface area (TPSA) is 143 Å². The van der Waals surface area contributed by atoms with Crippen molar-refractivity contribution < 1.29 is 19.3 Å². The molecule has 0 fully saturated rings. The molecule has 10 nitrogen and oxygen atoms in total. The van der Waals surface area contributed by atoms with Crippen LogP contribution in [-0.4, -0.2) is 27.6 Å². The average molecular weight is 650 g/mol. The Morgan fingerprint density at radius 1 is 0.870 bits per heavy atom. The number of nitro groups is 1. The summed E-state index contributed by atoms with van der Waals surface area (Å²) in [6.45, 7) is 1.86. The number of benzene rings is 4. The van der Waals surface area contributed by atoms with Crippen LogP contribution >= 0.6 is 23.1 Å². The van der Waals surface area contributed by atoms with Gasteiger partial charge in [-0.05, 0) is 61.0 Å². The number of carbonyl (C=O) groups is 3. The third kappa shape index (κ3) is 8.31. The number of nitrogens with one attached hydrogen (secondary N) is 3. The van der Waals surface area contributed by atoms with Crippen LogP contribution in [0.2, 0.25) is 0 Å². The first-order valence-corrected chi connectivity index (χ1v) is 15.7. The lowest BCUT2D eigenvalue weighted by Crippen LogP contribution is -2.30. The van der Waals surface area contributed by atoms with E-state index in [1.54, 1.807) is 60.7 Å². The summed E-state index contributed by atoms with van der Waals surface area (Å²) >= 11 is 2.70. The van der Waals surface area contributed by atoms with Crippen molar-refractivity contribution in [3.05, 3.63) is 153 Å². The van der Waals surface area contributed by atoms with Crippen molar-refractivity contribution in [2.45, 2.75) is 17.1 Å². The van der Waals surface area contributed by atoms with Crippen LogP contribution in [-0.2, 0) is 9.59 Å². The van der Waals surface area contributed by atoms with Gasteiger partial charge in [-0.1, -0.05) is 60.7 Å². The number of aryl methyl sites for hydroxylation is 1. The molecule has 0 bridgehead atoms. The summed E-state index contributed by atoms with van der Waals surface area (Å²) in [5.41, 5.74) is 2.11. The van der Waals surface area contributed by atoms with Gasteiger partial charge in [0.1, 0.15) is 10.9 Å². The van der Waals surface area contributed by atoms with E-state index in [0.29, 0.717) is 16.4 Å². The van der Waals surface area contributed by atoms with Gasteiger partial charge in [0, 0.05) is 27.6 Å². The third-order valence-electron chi connectivity index (χ3n) is 6.52. The van der Waals surface area contributed by atoms with Gasteiger partial charge >= 0.3 is 0 Å². The molecule has 0 saturated heterocycles. The van der Waals surface area contributed by atoms with Crippen LogP contribution in [0.25, 0.3) is 6.08 Å². The number of anilines is 2. The largest absolute Gasteiger partial charge is 0.321 e. The van der Waals surface area contributed by atoms with Crippen molar-refractivity contribution in [2.24, 2.45) is 0 Å². The Bertz CT molecular complexity index is 1890. The molecule has 1 heterocycles. The van der Waals surface area contributed by atoms with E-state index in [1.165, 1.54) is 47.4 Å². The van der Waals surface area contributed by atoms with E-state index in [0.717, 1.165) is 16.2 Å². The standard InChI is InChI=1S/C34H27N5O5S2/c1-22-21-45-34(35-22)38-33(42)30(23-10-4-2-5-11-23)46-27-18-16-26(17-19-27)36-32(41)28(37-31(40)24-12-6-3-7-13-24)20-25-14-8-9-15-29(25)39(43)44/h2-21,30H,1H3,(H,36,41)(H,37,40)(H,35,38,42)/b28-20-. The Morgan fingerprint density at radius 2 is 1.52 bits per heavy atom. The van der Waals surface area contributed by atoms with E-state index >= 15 is 0 Å². The van der Waals surface area contributed by atoms with Gasteiger partial charge in [-0.3, -0.25) is 24.5 Å². The second-order valence-electron chi connectivity index (χ2n) is 9.86. The second-order valence-corrected chi connectivity index (χ2v) is 11.9. The number of amides is 3. The van der Waals surface area contributed by atoms with Gasteiger partial charge < -0.3 is 16.0 Å². The van der Waals surface area contributed by atoms with Crippen molar-refractivity contribution in [3.8, 4) is 0 Å². The smallest absolute Gasteiger partial charge is 0.276 e. The van der Waals surface area contributed by atoms with Crippen LogP contribution in [0.3, 0.4) is 0 Å². The zero-order chi connectivity index (χ0) is 32.5. The van der Waals surface area contributed by atoms with E-state index in [1.807, 2.05) is 42.6 Å². The van der Waals surface area contributed by atoms with Gasteiger partial charge in [0.25, 0.3) is 17.5 Å². The van der Waals surface area contributed by atoms with Gasteiger partial charge in [0.15, 0.2) is 5.13 Å². The number of thioether (sulfide) groups is 1. The number of nitro benzene ring substituents is 1. The van der Waals surface area contributed by atoms with E-state index < -0.39 is 22.0 Å². The molecule has 5 rings (SSSR count). The van der Waals surface area contributed by atoms with E-state index in [9.17, 15) is 24.5 Å². The molecule has 12 heteroatoms. The molecule has 46 heavy (non-hydrogen) atoms. The van der Waals surface area contributed by atoms with Gasteiger partial charge in [-0.25, -0.2) is 4.98 Å². The number of rotatable bonds is 11. The Balaban J connectivity index is 1.35. The molecule has 230 valence electrons. The maximum Gasteiger partial charge on any atom is 0.276 e. The molecule has 3 amide bonds. The number of para-hydroxylation sites is 1.